The predicted octanol–water partition coefficient (Wildman–Crippen LogP) is 9.27. The first kappa shape index (κ1) is 23.7. The summed E-state index contributed by atoms with van der Waals surface area (Å²) in [6, 6.07) is 54.7. The molecular formula is C38H30. The first-order chi connectivity index (χ1) is 18.9. The number of hydrogen-bond donors (Lipinski definition) is 0. The highest BCUT2D eigenvalue weighted by atomic mass is 14.5. The van der Waals surface area contributed by atoms with E-state index in [1.807, 2.05) is 0 Å². The van der Waals surface area contributed by atoms with Crippen LogP contribution in [0, 0.1) is 5.92 Å². The summed E-state index contributed by atoms with van der Waals surface area (Å²) in [6.45, 7) is 0. The molecule has 0 heteroatoms. The molecule has 5 aromatic rings. The molecule has 0 radical (unpaired) electrons. The van der Waals surface area contributed by atoms with E-state index in [2.05, 4.69) is 176 Å². The molecule has 0 aliphatic heterocycles. The lowest BCUT2D eigenvalue weighted by Crippen LogP contribution is -2.38. The lowest BCUT2D eigenvalue weighted by atomic mass is 9.58. The molecule has 0 saturated carbocycles. The van der Waals surface area contributed by atoms with Crippen molar-refractivity contribution >= 4 is 5.57 Å². The second-order valence-electron chi connectivity index (χ2n) is 9.69. The molecule has 1 aliphatic rings. The molecule has 0 amide bonds. The van der Waals surface area contributed by atoms with Crippen molar-refractivity contribution in [1.82, 2.24) is 0 Å². The van der Waals surface area contributed by atoms with Crippen LogP contribution in [-0.2, 0) is 5.41 Å². The van der Waals surface area contributed by atoms with Gasteiger partial charge in [-0.05, 0) is 39.0 Å². The predicted molar refractivity (Wildman–Crippen MR) is 160 cm³/mol. The molecule has 0 bridgehead atoms. The molecule has 5 aromatic carbocycles. The SMILES string of the molecule is C1=CC(=C(c2ccccc2)c2ccccc2)C(C(c2ccccc2)(c2ccccc2)c2ccccc2)C=C1. The highest BCUT2D eigenvalue weighted by molar-refractivity contribution is 5.85. The van der Waals surface area contributed by atoms with Gasteiger partial charge in [0.2, 0.25) is 0 Å². The molecule has 1 aliphatic carbocycles. The van der Waals surface area contributed by atoms with Crippen LogP contribution in [0.5, 0.6) is 0 Å². The minimum atomic E-state index is -0.435. The second-order valence-corrected chi connectivity index (χ2v) is 9.69. The van der Waals surface area contributed by atoms with Crippen LogP contribution >= 0.6 is 0 Å². The summed E-state index contributed by atoms with van der Waals surface area (Å²) in [6.07, 6.45) is 9.12. The van der Waals surface area contributed by atoms with Gasteiger partial charge in [0.25, 0.3) is 0 Å². The fraction of sp³-hybridized carbons (Fsp3) is 0.0526. The van der Waals surface area contributed by atoms with Crippen molar-refractivity contribution in [1.29, 1.82) is 0 Å². The van der Waals surface area contributed by atoms with Gasteiger partial charge in [-0.2, -0.15) is 0 Å². The number of hydrogen-bond acceptors (Lipinski definition) is 0. The van der Waals surface area contributed by atoms with E-state index in [-0.39, 0.29) is 5.92 Å². The molecular weight excluding hydrogens is 456 g/mol. The minimum Gasteiger partial charge on any atom is -0.0754 e. The smallest absolute Gasteiger partial charge is 0.0554 e. The van der Waals surface area contributed by atoms with Crippen LogP contribution in [0.3, 0.4) is 0 Å². The van der Waals surface area contributed by atoms with Crippen molar-refractivity contribution in [3.05, 3.63) is 209 Å². The minimum absolute atomic E-state index is 0.0510. The van der Waals surface area contributed by atoms with Crippen molar-refractivity contribution in [2.24, 2.45) is 5.92 Å². The lowest BCUT2D eigenvalue weighted by molar-refractivity contribution is 0.508. The maximum absolute atomic E-state index is 2.40. The van der Waals surface area contributed by atoms with E-state index in [9.17, 15) is 0 Å². The van der Waals surface area contributed by atoms with Crippen LogP contribution in [0.1, 0.15) is 27.8 Å². The van der Waals surface area contributed by atoms with E-state index < -0.39 is 5.41 Å². The zero-order chi connectivity index (χ0) is 25.6. The Morgan fingerprint density at radius 2 is 0.789 bits per heavy atom. The summed E-state index contributed by atoms with van der Waals surface area (Å²) < 4.78 is 0. The Labute approximate surface area is 226 Å². The third kappa shape index (κ3) is 4.25. The summed E-state index contributed by atoms with van der Waals surface area (Å²) in [5, 5.41) is 0. The summed E-state index contributed by atoms with van der Waals surface area (Å²) in [7, 11) is 0. The van der Waals surface area contributed by atoms with Gasteiger partial charge in [0, 0.05) is 5.92 Å². The van der Waals surface area contributed by atoms with Crippen molar-refractivity contribution in [2.45, 2.75) is 5.41 Å². The topological polar surface area (TPSA) is 0 Å². The van der Waals surface area contributed by atoms with Gasteiger partial charge in [0.05, 0.1) is 5.41 Å². The summed E-state index contributed by atoms with van der Waals surface area (Å²) >= 11 is 0. The summed E-state index contributed by atoms with van der Waals surface area (Å²) in [5.74, 6) is 0.0510. The van der Waals surface area contributed by atoms with Gasteiger partial charge in [-0.15, -0.1) is 0 Å². The van der Waals surface area contributed by atoms with Crippen LogP contribution in [0.4, 0.5) is 0 Å². The van der Waals surface area contributed by atoms with Crippen molar-refractivity contribution < 1.29 is 0 Å². The van der Waals surface area contributed by atoms with E-state index in [1.54, 1.807) is 0 Å². The Balaban J connectivity index is 1.74. The van der Waals surface area contributed by atoms with Crippen molar-refractivity contribution in [3.8, 4) is 0 Å². The Kier molecular flexibility index (Phi) is 6.70. The normalized spacial score (nSPS) is 14.8. The van der Waals surface area contributed by atoms with Gasteiger partial charge in [0.15, 0.2) is 0 Å². The molecule has 0 aromatic heterocycles. The summed E-state index contributed by atoms with van der Waals surface area (Å²) in [5.41, 5.74) is 8.42. The van der Waals surface area contributed by atoms with Gasteiger partial charge in [-0.3, -0.25) is 0 Å². The molecule has 0 heterocycles. The molecule has 6 rings (SSSR count). The van der Waals surface area contributed by atoms with Gasteiger partial charge in [0.1, 0.15) is 0 Å². The second kappa shape index (κ2) is 10.7. The van der Waals surface area contributed by atoms with Crippen LogP contribution in [0.2, 0.25) is 0 Å². The molecule has 1 unspecified atom stereocenters. The standard InChI is InChI=1S/C38H30/c1-6-18-30(19-7-1)37(31-20-8-2-9-21-31)35-28-16-17-29-36(35)38(32-22-10-3-11-23-32,33-24-12-4-13-25-33)34-26-14-5-15-27-34/h1-29,36H. The molecule has 182 valence electrons. The zero-order valence-electron chi connectivity index (χ0n) is 21.3. The molecule has 1 atom stereocenters. The van der Waals surface area contributed by atoms with E-state index >= 15 is 0 Å². The molecule has 0 nitrogen and oxygen atoms in total. The van der Waals surface area contributed by atoms with Crippen LogP contribution in [0.25, 0.3) is 5.57 Å². The fourth-order valence-corrected chi connectivity index (χ4v) is 6.01. The zero-order valence-corrected chi connectivity index (χ0v) is 21.3. The fourth-order valence-electron chi connectivity index (χ4n) is 6.01. The first-order valence-electron chi connectivity index (χ1n) is 13.3. The molecule has 38 heavy (non-hydrogen) atoms. The maximum Gasteiger partial charge on any atom is 0.0554 e. The van der Waals surface area contributed by atoms with Gasteiger partial charge in [-0.25, -0.2) is 0 Å². The van der Waals surface area contributed by atoms with E-state index in [4.69, 9.17) is 0 Å². The Morgan fingerprint density at radius 3 is 1.18 bits per heavy atom. The van der Waals surface area contributed by atoms with Crippen LogP contribution < -0.4 is 0 Å². The van der Waals surface area contributed by atoms with E-state index in [0.717, 1.165) is 0 Å². The average molecular weight is 487 g/mol. The number of allylic oxidation sites excluding steroid dienone is 5. The Bertz CT molecular complexity index is 1420. The van der Waals surface area contributed by atoms with Crippen molar-refractivity contribution in [3.63, 3.8) is 0 Å². The highest BCUT2D eigenvalue weighted by Gasteiger charge is 2.44. The van der Waals surface area contributed by atoms with E-state index in [0.29, 0.717) is 0 Å². The highest BCUT2D eigenvalue weighted by Crippen LogP contribution is 2.51. The monoisotopic (exact) mass is 486 g/mol. The lowest BCUT2D eigenvalue weighted by Gasteiger charge is -2.43. The molecule has 0 fully saturated rings. The molecule has 0 spiro atoms. The van der Waals surface area contributed by atoms with Crippen LogP contribution in [0.15, 0.2) is 182 Å². The Morgan fingerprint density at radius 1 is 0.421 bits per heavy atom. The van der Waals surface area contributed by atoms with Gasteiger partial charge < -0.3 is 0 Å². The largest absolute Gasteiger partial charge is 0.0754 e. The molecule has 0 saturated heterocycles. The first-order valence-corrected chi connectivity index (χ1v) is 13.3. The maximum atomic E-state index is 2.40. The van der Waals surface area contributed by atoms with Crippen LogP contribution in [-0.4, -0.2) is 0 Å². The van der Waals surface area contributed by atoms with Gasteiger partial charge >= 0.3 is 0 Å². The van der Waals surface area contributed by atoms with Crippen molar-refractivity contribution in [2.75, 3.05) is 0 Å². The molecule has 0 N–H and O–H groups in total. The number of rotatable bonds is 6. The Hall–Kier alpha value is -4.68. The average Bonchev–Trinajstić information content (AvgIpc) is 3.01. The summed E-state index contributed by atoms with van der Waals surface area (Å²) in [4.78, 5) is 0. The van der Waals surface area contributed by atoms with E-state index in [1.165, 1.54) is 39.0 Å². The third-order valence-electron chi connectivity index (χ3n) is 7.59. The van der Waals surface area contributed by atoms with Gasteiger partial charge in [-0.1, -0.05) is 176 Å². The number of benzene rings is 5. The third-order valence-corrected chi connectivity index (χ3v) is 7.59. The quantitative estimate of drug-likeness (QED) is 0.210.